The molecule has 0 radical (unpaired) electrons. The highest BCUT2D eigenvalue weighted by atomic mass is 15.1. The molecule has 0 saturated heterocycles. The van der Waals surface area contributed by atoms with Gasteiger partial charge in [0.1, 0.15) is 0 Å². The molecule has 102 valence electrons. The molecule has 17 heavy (non-hydrogen) atoms. The third-order valence-corrected chi connectivity index (χ3v) is 4.36. The lowest BCUT2D eigenvalue weighted by Gasteiger charge is -2.35. The van der Waals surface area contributed by atoms with Crippen LogP contribution < -0.4 is 5.32 Å². The maximum absolute atomic E-state index is 3.88. The Kier molecular flexibility index (Phi) is 7.14. The maximum atomic E-state index is 3.88. The number of likely N-dealkylation sites (N-methyl/N-ethyl adjacent to an activating group) is 1. The van der Waals surface area contributed by atoms with Crippen molar-refractivity contribution in [3.05, 3.63) is 0 Å². The summed E-state index contributed by atoms with van der Waals surface area (Å²) in [5, 5.41) is 3.88. The van der Waals surface area contributed by atoms with Crippen molar-refractivity contribution in [2.45, 2.75) is 71.9 Å². The zero-order chi connectivity index (χ0) is 12.7. The molecule has 0 aromatic carbocycles. The van der Waals surface area contributed by atoms with Crippen LogP contribution in [0.25, 0.3) is 0 Å². The quantitative estimate of drug-likeness (QED) is 0.735. The molecule has 0 heterocycles. The van der Waals surface area contributed by atoms with E-state index in [1.54, 1.807) is 0 Å². The van der Waals surface area contributed by atoms with Gasteiger partial charge in [0.25, 0.3) is 0 Å². The Morgan fingerprint density at radius 1 is 1.12 bits per heavy atom. The van der Waals surface area contributed by atoms with E-state index in [0.717, 1.165) is 12.0 Å². The lowest BCUT2D eigenvalue weighted by atomic mass is 9.82. The second-order valence-corrected chi connectivity index (χ2v) is 5.61. The largest absolute Gasteiger partial charge is 0.310 e. The SMILES string of the molecule is CCC1CCCCC1NC(C)CN(CC)CC. The molecule has 1 rings (SSSR count). The Balaban J connectivity index is 2.35. The first-order chi connectivity index (χ1) is 8.21. The minimum atomic E-state index is 0.632. The highest BCUT2D eigenvalue weighted by molar-refractivity contribution is 4.83. The summed E-state index contributed by atoms with van der Waals surface area (Å²) in [4.78, 5) is 2.52. The second kappa shape index (κ2) is 8.10. The molecule has 1 saturated carbocycles. The van der Waals surface area contributed by atoms with Crippen molar-refractivity contribution in [1.29, 1.82) is 0 Å². The van der Waals surface area contributed by atoms with Crippen LogP contribution >= 0.6 is 0 Å². The van der Waals surface area contributed by atoms with Crippen LogP contribution in [0, 0.1) is 5.92 Å². The fourth-order valence-electron chi connectivity index (χ4n) is 3.20. The molecule has 3 unspecified atom stereocenters. The monoisotopic (exact) mass is 240 g/mol. The average Bonchev–Trinajstić information content (AvgIpc) is 2.36. The van der Waals surface area contributed by atoms with Gasteiger partial charge in [-0.25, -0.2) is 0 Å². The summed E-state index contributed by atoms with van der Waals surface area (Å²) in [5.41, 5.74) is 0. The third kappa shape index (κ3) is 4.97. The van der Waals surface area contributed by atoms with Crippen molar-refractivity contribution in [3.8, 4) is 0 Å². The summed E-state index contributed by atoms with van der Waals surface area (Å²) in [7, 11) is 0. The van der Waals surface area contributed by atoms with Gasteiger partial charge in [0.05, 0.1) is 0 Å². The van der Waals surface area contributed by atoms with Gasteiger partial charge in [0.2, 0.25) is 0 Å². The van der Waals surface area contributed by atoms with Gasteiger partial charge in [-0.1, -0.05) is 40.0 Å². The summed E-state index contributed by atoms with van der Waals surface area (Å²) in [5.74, 6) is 0.919. The van der Waals surface area contributed by atoms with E-state index in [1.165, 1.54) is 51.7 Å². The summed E-state index contributed by atoms with van der Waals surface area (Å²) in [6, 6.07) is 1.41. The standard InChI is InChI=1S/C15H32N2/c1-5-14-10-8-9-11-15(14)16-13(4)12-17(6-2)7-3/h13-16H,5-12H2,1-4H3. The van der Waals surface area contributed by atoms with E-state index in [9.17, 15) is 0 Å². The minimum Gasteiger partial charge on any atom is -0.310 e. The fourth-order valence-corrected chi connectivity index (χ4v) is 3.20. The first-order valence-corrected chi connectivity index (χ1v) is 7.69. The predicted molar refractivity (Wildman–Crippen MR) is 76.4 cm³/mol. The smallest absolute Gasteiger partial charge is 0.0169 e. The van der Waals surface area contributed by atoms with Gasteiger partial charge in [0.15, 0.2) is 0 Å². The summed E-state index contributed by atoms with van der Waals surface area (Å²) in [6.45, 7) is 12.7. The molecule has 0 amide bonds. The molecule has 0 aliphatic heterocycles. The van der Waals surface area contributed by atoms with Crippen LogP contribution in [0.2, 0.25) is 0 Å². The van der Waals surface area contributed by atoms with Gasteiger partial charge in [-0.15, -0.1) is 0 Å². The Morgan fingerprint density at radius 2 is 1.76 bits per heavy atom. The van der Waals surface area contributed by atoms with E-state index in [0.29, 0.717) is 6.04 Å². The Morgan fingerprint density at radius 3 is 2.35 bits per heavy atom. The van der Waals surface area contributed by atoms with Gasteiger partial charge in [0, 0.05) is 18.6 Å². The van der Waals surface area contributed by atoms with Gasteiger partial charge >= 0.3 is 0 Å². The fraction of sp³-hybridized carbons (Fsp3) is 1.00. The third-order valence-electron chi connectivity index (χ3n) is 4.36. The number of rotatable bonds is 7. The van der Waals surface area contributed by atoms with Crippen LogP contribution in [0.5, 0.6) is 0 Å². The number of hydrogen-bond donors (Lipinski definition) is 1. The Labute approximate surface area is 108 Å². The van der Waals surface area contributed by atoms with E-state index >= 15 is 0 Å². The van der Waals surface area contributed by atoms with E-state index in [2.05, 4.69) is 37.9 Å². The van der Waals surface area contributed by atoms with Crippen molar-refractivity contribution in [2.24, 2.45) is 5.92 Å². The van der Waals surface area contributed by atoms with Crippen LogP contribution in [0.4, 0.5) is 0 Å². The molecule has 1 aliphatic rings. The molecule has 1 aliphatic carbocycles. The molecule has 3 atom stereocenters. The van der Waals surface area contributed by atoms with Gasteiger partial charge in [-0.3, -0.25) is 0 Å². The summed E-state index contributed by atoms with van der Waals surface area (Å²) in [6.07, 6.45) is 7.04. The molecule has 1 N–H and O–H groups in total. The van der Waals surface area contributed by atoms with Crippen LogP contribution in [-0.4, -0.2) is 36.6 Å². The molecular weight excluding hydrogens is 208 g/mol. The molecule has 1 fully saturated rings. The average molecular weight is 240 g/mol. The zero-order valence-corrected chi connectivity index (χ0v) is 12.3. The molecular formula is C15H32N2. The van der Waals surface area contributed by atoms with Crippen molar-refractivity contribution in [2.75, 3.05) is 19.6 Å². The lowest BCUT2D eigenvalue weighted by Crippen LogP contribution is -2.47. The van der Waals surface area contributed by atoms with Crippen LogP contribution in [0.15, 0.2) is 0 Å². The van der Waals surface area contributed by atoms with Crippen LogP contribution in [0.1, 0.15) is 59.8 Å². The molecule has 2 nitrogen and oxygen atoms in total. The molecule has 0 bridgehead atoms. The van der Waals surface area contributed by atoms with E-state index < -0.39 is 0 Å². The molecule has 0 aromatic rings. The van der Waals surface area contributed by atoms with Crippen LogP contribution in [0.3, 0.4) is 0 Å². The van der Waals surface area contributed by atoms with E-state index in [-0.39, 0.29) is 0 Å². The number of nitrogens with one attached hydrogen (secondary N) is 1. The van der Waals surface area contributed by atoms with Crippen LogP contribution in [-0.2, 0) is 0 Å². The Bertz CT molecular complexity index is 189. The van der Waals surface area contributed by atoms with Crippen molar-refractivity contribution < 1.29 is 0 Å². The predicted octanol–water partition coefficient (Wildman–Crippen LogP) is 3.28. The van der Waals surface area contributed by atoms with Crippen molar-refractivity contribution in [1.82, 2.24) is 10.2 Å². The summed E-state index contributed by atoms with van der Waals surface area (Å²) < 4.78 is 0. The first kappa shape index (κ1) is 15.0. The maximum Gasteiger partial charge on any atom is 0.0169 e. The second-order valence-electron chi connectivity index (χ2n) is 5.61. The minimum absolute atomic E-state index is 0.632. The van der Waals surface area contributed by atoms with Gasteiger partial charge < -0.3 is 10.2 Å². The van der Waals surface area contributed by atoms with Crippen molar-refractivity contribution in [3.63, 3.8) is 0 Å². The van der Waals surface area contributed by atoms with E-state index in [1.807, 2.05) is 0 Å². The Hall–Kier alpha value is -0.0800. The van der Waals surface area contributed by atoms with Crippen molar-refractivity contribution >= 4 is 0 Å². The number of nitrogens with zero attached hydrogens (tertiary/aromatic N) is 1. The molecule has 0 aromatic heterocycles. The van der Waals surface area contributed by atoms with Gasteiger partial charge in [-0.2, -0.15) is 0 Å². The zero-order valence-electron chi connectivity index (χ0n) is 12.3. The molecule has 2 heteroatoms. The normalized spacial score (nSPS) is 27.4. The highest BCUT2D eigenvalue weighted by Gasteiger charge is 2.24. The summed E-state index contributed by atoms with van der Waals surface area (Å²) >= 11 is 0. The number of hydrogen-bond acceptors (Lipinski definition) is 2. The van der Waals surface area contributed by atoms with E-state index in [4.69, 9.17) is 0 Å². The first-order valence-electron chi connectivity index (χ1n) is 7.69. The molecule has 0 spiro atoms. The topological polar surface area (TPSA) is 15.3 Å². The highest BCUT2D eigenvalue weighted by Crippen LogP contribution is 2.27. The van der Waals surface area contributed by atoms with Gasteiger partial charge in [-0.05, 0) is 38.8 Å². The lowest BCUT2D eigenvalue weighted by molar-refractivity contribution is 0.208.